The second-order valence-corrected chi connectivity index (χ2v) is 10.5. The fourth-order valence-electron chi connectivity index (χ4n) is 5.32. The van der Waals surface area contributed by atoms with Crippen molar-refractivity contribution in [2.45, 2.75) is 53.4 Å². The third-order valence-electron chi connectivity index (χ3n) is 7.88. The number of aromatic amines is 2. The Balaban J connectivity index is 1.76. The highest BCUT2D eigenvalue weighted by Gasteiger charge is 2.25. The number of carbonyl (C=O) groups is 4. The van der Waals surface area contributed by atoms with E-state index >= 15 is 0 Å². The van der Waals surface area contributed by atoms with Crippen LogP contribution < -0.4 is 16.0 Å². The van der Waals surface area contributed by atoms with Gasteiger partial charge in [0.15, 0.2) is 0 Å². The molecule has 43 heavy (non-hydrogen) atoms. The van der Waals surface area contributed by atoms with Crippen LogP contribution in [0.5, 0.6) is 0 Å². The number of allylic oxidation sites excluding steroid dienone is 2. The van der Waals surface area contributed by atoms with Crippen molar-refractivity contribution in [3.63, 3.8) is 0 Å². The minimum absolute atomic E-state index is 0.124. The SMILES string of the molecule is C=Cc1c(/C=c2/[nH]c(=CC3=NC(=O)C(CCC(=O)O)=C3C)c(C)c2C=C)[nH]c(/C=C2\NC(=O)C(CCC(=O)O)=C2C)c1C. The molecule has 4 heterocycles. The predicted molar refractivity (Wildman–Crippen MR) is 166 cm³/mol. The predicted octanol–water partition coefficient (Wildman–Crippen LogP) is 3.67. The molecule has 0 bridgehead atoms. The van der Waals surface area contributed by atoms with Crippen LogP contribution in [0.15, 0.2) is 46.1 Å². The molecule has 5 N–H and O–H groups in total. The Morgan fingerprint density at radius 1 is 0.767 bits per heavy atom. The lowest BCUT2D eigenvalue weighted by Crippen LogP contribution is -2.16. The lowest BCUT2D eigenvalue weighted by molar-refractivity contribution is -0.138. The number of nitrogens with zero attached hydrogens (tertiary/aromatic N) is 1. The van der Waals surface area contributed by atoms with Crippen LogP contribution in [0.4, 0.5) is 0 Å². The average molecular weight is 583 g/mol. The number of amides is 2. The molecule has 4 rings (SSSR count). The van der Waals surface area contributed by atoms with Crippen LogP contribution in [-0.2, 0) is 19.2 Å². The van der Waals surface area contributed by atoms with Crippen molar-refractivity contribution >= 4 is 59.8 Å². The number of hydrogen-bond donors (Lipinski definition) is 5. The van der Waals surface area contributed by atoms with Gasteiger partial charge in [0.25, 0.3) is 11.8 Å². The summed E-state index contributed by atoms with van der Waals surface area (Å²) in [6.45, 7) is 15.4. The van der Waals surface area contributed by atoms with E-state index in [1.54, 1.807) is 32.1 Å². The summed E-state index contributed by atoms with van der Waals surface area (Å²) in [5.74, 6) is -2.64. The third kappa shape index (κ3) is 6.18. The summed E-state index contributed by atoms with van der Waals surface area (Å²) in [6.07, 6.45) is 9.05. The van der Waals surface area contributed by atoms with Crippen molar-refractivity contribution in [3.05, 3.63) is 85.5 Å². The van der Waals surface area contributed by atoms with Crippen molar-refractivity contribution in [2.24, 2.45) is 4.99 Å². The standard InChI is InChI=1S/C33H34N4O6/c1-7-20-16(3)24(13-26-18(5)22(32(42)36-26)9-11-30(38)39)34-28(20)15-29-21(8-2)17(4)25(35-29)14-27-19(6)23(33(43)37-27)10-12-31(40)41/h7-8,13-15,34-35H,1-2,9-12H2,3-6H3,(H,36,42)(H,38,39)(H,40,41)/b25-14?,26-13-,29-15+. The summed E-state index contributed by atoms with van der Waals surface area (Å²) in [7, 11) is 0. The molecule has 0 aliphatic carbocycles. The van der Waals surface area contributed by atoms with Crippen LogP contribution in [0.1, 0.15) is 73.2 Å². The quantitative estimate of drug-likeness (QED) is 0.271. The summed E-state index contributed by atoms with van der Waals surface area (Å²) in [6, 6.07) is 0. The number of carbonyl (C=O) groups excluding carboxylic acids is 2. The van der Waals surface area contributed by atoms with Gasteiger partial charge in [-0.05, 0) is 81.0 Å². The van der Waals surface area contributed by atoms with Crippen LogP contribution in [0.2, 0.25) is 0 Å². The van der Waals surface area contributed by atoms with Gasteiger partial charge in [0.2, 0.25) is 0 Å². The van der Waals surface area contributed by atoms with Crippen LogP contribution in [-0.4, -0.2) is 49.6 Å². The highest BCUT2D eigenvalue weighted by molar-refractivity contribution is 6.30. The summed E-state index contributed by atoms with van der Waals surface area (Å²) >= 11 is 0. The zero-order chi connectivity index (χ0) is 31.6. The fraction of sp³-hybridized carbons (Fsp3) is 0.242. The Hall–Kier alpha value is -5.25. The first-order valence-corrected chi connectivity index (χ1v) is 13.8. The first-order valence-electron chi connectivity index (χ1n) is 13.8. The lowest BCUT2D eigenvalue weighted by atomic mass is 10.0. The molecule has 2 amide bonds. The van der Waals surface area contributed by atoms with Crippen molar-refractivity contribution < 1.29 is 29.4 Å². The number of carboxylic acid groups (broad SMARTS) is 2. The van der Waals surface area contributed by atoms with Gasteiger partial charge in [-0.25, -0.2) is 4.99 Å². The monoisotopic (exact) mass is 582 g/mol. The molecule has 0 radical (unpaired) electrons. The minimum Gasteiger partial charge on any atom is -0.481 e. The molecule has 0 spiro atoms. The molecule has 0 aromatic carbocycles. The molecule has 10 nitrogen and oxygen atoms in total. The first-order chi connectivity index (χ1) is 20.4. The van der Waals surface area contributed by atoms with Crippen molar-refractivity contribution in [1.82, 2.24) is 15.3 Å². The van der Waals surface area contributed by atoms with Crippen LogP contribution in [0, 0.1) is 13.8 Å². The van der Waals surface area contributed by atoms with E-state index in [1.807, 2.05) is 26.0 Å². The molecule has 2 aliphatic heterocycles. The number of carboxylic acids is 2. The molecule has 2 aromatic heterocycles. The second kappa shape index (κ2) is 12.3. The van der Waals surface area contributed by atoms with Gasteiger partial charge in [-0.15, -0.1) is 0 Å². The summed E-state index contributed by atoms with van der Waals surface area (Å²) in [5.41, 5.74) is 8.40. The topological polar surface area (TPSA) is 165 Å². The zero-order valence-corrected chi connectivity index (χ0v) is 24.6. The van der Waals surface area contributed by atoms with E-state index in [4.69, 9.17) is 10.2 Å². The second-order valence-electron chi connectivity index (χ2n) is 10.5. The normalized spacial score (nSPS) is 16.9. The number of nitrogens with one attached hydrogen (secondary N) is 3. The van der Waals surface area contributed by atoms with Crippen molar-refractivity contribution in [2.75, 3.05) is 0 Å². The summed E-state index contributed by atoms with van der Waals surface area (Å²) in [5, 5.41) is 22.4. The van der Waals surface area contributed by atoms with Crippen molar-refractivity contribution in [1.29, 1.82) is 0 Å². The maximum Gasteiger partial charge on any atom is 0.303 e. The van der Waals surface area contributed by atoms with Gasteiger partial charge in [-0.3, -0.25) is 19.2 Å². The molecular weight excluding hydrogens is 548 g/mol. The highest BCUT2D eigenvalue weighted by Crippen LogP contribution is 2.28. The van der Waals surface area contributed by atoms with E-state index in [0.717, 1.165) is 44.3 Å². The number of aromatic nitrogens is 2. The summed E-state index contributed by atoms with van der Waals surface area (Å²) < 4.78 is 0. The molecule has 0 unspecified atom stereocenters. The molecule has 2 aromatic rings. The Kier molecular flexibility index (Phi) is 8.80. The molecule has 2 aliphatic rings. The van der Waals surface area contributed by atoms with Crippen LogP contribution >= 0.6 is 0 Å². The number of aliphatic carboxylic acids is 2. The number of rotatable bonds is 11. The van der Waals surface area contributed by atoms with E-state index in [0.29, 0.717) is 33.7 Å². The largest absolute Gasteiger partial charge is 0.481 e. The number of H-pyrrole nitrogens is 2. The lowest BCUT2D eigenvalue weighted by Gasteiger charge is -2.00. The Bertz CT molecular complexity index is 1860. The summed E-state index contributed by atoms with van der Waals surface area (Å²) in [4.78, 5) is 57.9. The molecule has 10 heteroatoms. The number of aliphatic imine (C=N–C) groups is 1. The molecule has 222 valence electrons. The molecular formula is C33H34N4O6. The van der Waals surface area contributed by atoms with Gasteiger partial charge in [0, 0.05) is 62.9 Å². The van der Waals surface area contributed by atoms with E-state index in [2.05, 4.69) is 33.4 Å². The van der Waals surface area contributed by atoms with E-state index in [9.17, 15) is 19.2 Å². The molecule has 0 atom stereocenters. The van der Waals surface area contributed by atoms with Crippen molar-refractivity contribution in [3.8, 4) is 0 Å². The smallest absolute Gasteiger partial charge is 0.303 e. The van der Waals surface area contributed by atoms with Gasteiger partial charge in [0.1, 0.15) is 0 Å². The van der Waals surface area contributed by atoms with Gasteiger partial charge in [0.05, 0.1) is 5.71 Å². The van der Waals surface area contributed by atoms with Gasteiger partial charge < -0.3 is 25.5 Å². The highest BCUT2D eigenvalue weighted by atomic mass is 16.4. The van der Waals surface area contributed by atoms with E-state index < -0.39 is 17.8 Å². The number of hydrogen-bond acceptors (Lipinski definition) is 4. The minimum atomic E-state index is -0.973. The maximum absolute atomic E-state index is 12.5. The molecule has 0 fully saturated rings. The average Bonchev–Trinajstić information content (AvgIpc) is 3.58. The maximum atomic E-state index is 12.5. The zero-order valence-electron chi connectivity index (χ0n) is 24.6. The van der Waals surface area contributed by atoms with Gasteiger partial charge in [-0.1, -0.05) is 25.3 Å². The van der Waals surface area contributed by atoms with Crippen LogP contribution in [0.25, 0.3) is 30.4 Å². The molecule has 0 saturated heterocycles. The Morgan fingerprint density at radius 2 is 1.40 bits per heavy atom. The van der Waals surface area contributed by atoms with E-state index in [-0.39, 0.29) is 31.6 Å². The Labute approximate surface area is 248 Å². The van der Waals surface area contributed by atoms with Gasteiger partial charge in [-0.2, -0.15) is 0 Å². The van der Waals surface area contributed by atoms with Crippen LogP contribution in [0.3, 0.4) is 0 Å². The Morgan fingerprint density at radius 3 is 2.00 bits per heavy atom. The molecule has 0 saturated carbocycles. The fourth-order valence-corrected chi connectivity index (χ4v) is 5.32. The van der Waals surface area contributed by atoms with Gasteiger partial charge >= 0.3 is 11.9 Å². The van der Waals surface area contributed by atoms with E-state index in [1.165, 1.54) is 0 Å². The first kappa shape index (κ1) is 30.7. The third-order valence-corrected chi connectivity index (χ3v) is 7.88.